The number of benzene rings is 1. The minimum atomic E-state index is -0.241. The Labute approximate surface area is 109 Å². The van der Waals surface area contributed by atoms with Crippen LogP contribution >= 0.6 is 0 Å². The molecule has 1 amide bonds. The van der Waals surface area contributed by atoms with Crippen LogP contribution in [0.3, 0.4) is 0 Å². The van der Waals surface area contributed by atoms with Gasteiger partial charge in [-0.2, -0.15) is 0 Å². The molecule has 0 bridgehead atoms. The van der Waals surface area contributed by atoms with E-state index < -0.39 is 0 Å². The van der Waals surface area contributed by atoms with Crippen LogP contribution < -0.4 is 10.6 Å². The van der Waals surface area contributed by atoms with Crippen LogP contribution in [0.2, 0.25) is 0 Å². The summed E-state index contributed by atoms with van der Waals surface area (Å²) < 4.78 is 4.93. The number of aryl methyl sites for hydroxylation is 1. The average Bonchev–Trinajstić information content (AvgIpc) is 2.34. The molecule has 1 aromatic carbocycles. The Kier molecular flexibility index (Phi) is 6.22. The summed E-state index contributed by atoms with van der Waals surface area (Å²) in [4.78, 5) is 11.8. The molecule has 1 unspecified atom stereocenters. The van der Waals surface area contributed by atoms with E-state index in [0.29, 0.717) is 13.2 Å². The summed E-state index contributed by atoms with van der Waals surface area (Å²) in [5.41, 5.74) is 2.14. The molecule has 1 rings (SSSR count). The maximum Gasteiger partial charge on any atom is 0.242 e. The first-order valence-corrected chi connectivity index (χ1v) is 6.23. The summed E-state index contributed by atoms with van der Waals surface area (Å²) in [5.74, 6) is 0.00705. The van der Waals surface area contributed by atoms with Gasteiger partial charge in [0.05, 0.1) is 0 Å². The lowest BCUT2D eigenvalue weighted by Gasteiger charge is -2.15. The Morgan fingerprint density at radius 1 is 1.44 bits per heavy atom. The van der Waals surface area contributed by atoms with Gasteiger partial charge in [-0.3, -0.25) is 4.79 Å². The molecule has 18 heavy (non-hydrogen) atoms. The van der Waals surface area contributed by atoms with Crippen LogP contribution in [0, 0.1) is 6.92 Å². The predicted molar refractivity (Wildman–Crippen MR) is 73.8 cm³/mol. The van der Waals surface area contributed by atoms with Gasteiger partial charge in [0, 0.05) is 25.9 Å². The van der Waals surface area contributed by atoms with Gasteiger partial charge >= 0.3 is 0 Å². The second kappa shape index (κ2) is 7.71. The number of nitrogens with one attached hydrogen (secondary N) is 2. The fraction of sp³-hybridized carbons (Fsp3) is 0.500. The quantitative estimate of drug-likeness (QED) is 0.727. The summed E-state index contributed by atoms with van der Waals surface area (Å²) in [6.45, 7) is 5.20. The third-order valence-electron chi connectivity index (χ3n) is 2.62. The lowest BCUT2D eigenvalue weighted by Crippen LogP contribution is -2.38. The van der Waals surface area contributed by atoms with Crippen molar-refractivity contribution in [3.63, 3.8) is 0 Å². The van der Waals surface area contributed by atoms with Crippen LogP contribution in [0.15, 0.2) is 24.3 Å². The molecule has 100 valence electrons. The first-order chi connectivity index (χ1) is 8.63. The zero-order valence-electron chi connectivity index (χ0n) is 11.3. The van der Waals surface area contributed by atoms with E-state index in [1.165, 1.54) is 5.56 Å². The van der Waals surface area contributed by atoms with Crippen molar-refractivity contribution in [1.29, 1.82) is 0 Å². The maximum absolute atomic E-state index is 11.8. The molecule has 4 nitrogen and oxygen atoms in total. The lowest BCUT2D eigenvalue weighted by molar-refractivity contribution is -0.121. The Morgan fingerprint density at radius 2 is 2.22 bits per heavy atom. The smallest absolute Gasteiger partial charge is 0.242 e. The summed E-state index contributed by atoms with van der Waals surface area (Å²) in [5, 5.41) is 6.05. The van der Waals surface area contributed by atoms with E-state index in [2.05, 4.69) is 10.6 Å². The fourth-order valence-corrected chi connectivity index (χ4v) is 1.63. The molecule has 0 aliphatic carbocycles. The van der Waals surface area contributed by atoms with E-state index >= 15 is 0 Å². The maximum atomic E-state index is 11.8. The van der Waals surface area contributed by atoms with Crippen molar-refractivity contribution in [2.75, 3.05) is 25.6 Å². The highest BCUT2D eigenvalue weighted by atomic mass is 16.5. The van der Waals surface area contributed by atoms with Gasteiger partial charge in [-0.15, -0.1) is 0 Å². The van der Waals surface area contributed by atoms with E-state index in [1.54, 1.807) is 7.11 Å². The van der Waals surface area contributed by atoms with Crippen molar-refractivity contribution in [2.24, 2.45) is 0 Å². The number of rotatable bonds is 7. The summed E-state index contributed by atoms with van der Waals surface area (Å²) >= 11 is 0. The zero-order valence-corrected chi connectivity index (χ0v) is 11.3. The van der Waals surface area contributed by atoms with Crippen molar-refractivity contribution < 1.29 is 9.53 Å². The highest BCUT2D eigenvalue weighted by Crippen LogP contribution is 2.10. The standard InChI is InChI=1S/C14H22N2O2/c1-11-6-4-7-13(10-11)16-12(2)14(17)15-8-5-9-18-3/h4,6-7,10,12,16H,5,8-9H2,1-3H3,(H,15,17). The third-order valence-corrected chi connectivity index (χ3v) is 2.62. The van der Waals surface area contributed by atoms with Crippen LogP contribution in [-0.2, 0) is 9.53 Å². The predicted octanol–water partition coefficient (Wildman–Crippen LogP) is 1.95. The second-order valence-electron chi connectivity index (χ2n) is 4.37. The molecule has 1 aromatic rings. The first kappa shape index (κ1) is 14.5. The molecule has 0 aromatic heterocycles. The van der Waals surface area contributed by atoms with Crippen LogP contribution in [0.5, 0.6) is 0 Å². The molecule has 0 aliphatic heterocycles. The van der Waals surface area contributed by atoms with E-state index in [4.69, 9.17) is 4.74 Å². The lowest BCUT2D eigenvalue weighted by atomic mass is 10.2. The number of carbonyl (C=O) groups is 1. The van der Waals surface area contributed by atoms with Gasteiger partial charge in [0.15, 0.2) is 0 Å². The number of hydrogen-bond donors (Lipinski definition) is 2. The average molecular weight is 250 g/mol. The normalized spacial score (nSPS) is 11.9. The molecular weight excluding hydrogens is 228 g/mol. The highest BCUT2D eigenvalue weighted by Gasteiger charge is 2.11. The van der Waals surface area contributed by atoms with Gasteiger partial charge in [0.25, 0.3) is 0 Å². The Bertz CT molecular complexity index is 380. The fourth-order valence-electron chi connectivity index (χ4n) is 1.63. The number of methoxy groups -OCH3 is 1. The van der Waals surface area contributed by atoms with Crippen LogP contribution in [0.25, 0.3) is 0 Å². The molecule has 0 heterocycles. The number of amides is 1. The Hall–Kier alpha value is -1.55. The van der Waals surface area contributed by atoms with Gasteiger partial charge in [0.2, 0.25) is 5.91 Å². The van der Waals surface area contributed by atoms with E-state index in [1.807, 2.05) is 38.1 Å². The SMILES string of the molecule is COCCCNC(=O)C(C)Nc1cccc(C)c1. The molecular formula is C14H22N2O2. The number of carbonyl (C=O) groups excluding carboxylic acids is 1. The van der Waals surface area contributed by atoms with Gasteiger partial charge in [-0.1, -0.05) is 12.1 Å². The molecule has 0 saturated carbocycles. The molecule has 1 atom stereocenters. The minimum absolute atomic E-state index is 0.00705. The largest absolute Gasteiger partial charge is 0.385 e. The van der Waals surface area contributed by atoms with Crippen molar-refractivity contribution >= 4 is 11.6 Å². The van der Waals surface area contributed by atoms with Gasteiger partial charge < -0.3 is 15.4 Å². The molecule has 0 aliphatic rings. The van der Waals surface area contributed by atoms with Gasteiger partial charge in [-0.25, -0.2) is 0 Å². The number of anilines is 1. The van der Waals surface area contributed by atoms with E-state index in [0.717, 1.165) is 12.1 Å². The Balaban J connectivity index is 2.35. The molecule has 2 N–H and O–H groups in total. The highest BCUT2D eigenvalue weighted by molar-refractivity contribution is 5.84. The first-order valence-electron chi connectivity index (χ1n) is 6.23. The van der Waals surface area contributed by atoms with Crippen LogP contribution in [0.4, 0.5) is 5.69 Å². The molecule has 0 saturated heterocycles. The van der Waals surface area contributed by atoms with Crippen LogP contribution in [-0.4, -0.2) is 32.2 Å². The third kappa shape index (κ3) is 5.19. The van der Waals surface area contributed by atoms with Gasteiger partial charge in [-0.05, 0) is 38.0 Å². The van der Waals surface area contributed by atoms with E-state index in [-0.39, 0.29) is 11.9 Å². The number of hydrogen-bond acceptors (Lipinski definition) is 3. The number of ether oxygens (including phenoxy) is 1. The summed E-state index contributed by atoms with van der Waals surface area (Å²) in [6.07, 6.45) is 0.833. The van der Waals surface area contributed by atoms with Gasteiger partial charge in [0.1, 0.15) is 6.04 Å². The summed E-state index contributed by atoms with van der Waals surface area (Å²) in [6, 6.07) is 7.74. The van der Waals surface area contributed by atoms with E-state index in [9.17, 15) is 4.79 Å². The topological polar surface area (TPSA) is 50.4 Å². The summed E-state index contributed by atoms with van der Waals surface area (Å²) in [7, 11) is 1.66. The van der Waals surface area contributed by atoms with Crippen molar-refractivity contribution in [2.45, 2.75) is 26.3 Å². The Morgan fingerprint density at radius 3 is 2.89 bits per heavy atom. The molecule has 4 heteroatoms. The van der Waals surface area contributed by atoms with Crippen molar-refractivity contribution in [3.05, 3.63) is 29.8 Å². The molecule has 0 fully saturated rings. The minimum Gasteiger partial charge on any atom is -0.385 e. The van der Waals surface area contributed by atoms with Crippen LogP contribution in [0.1, 0.15) is 18.9 Å². The van der Waals surface area contributed by atoms with Crippen molar-refractivity contribution in [3.8, 4) is 0 Å². The molecule has 0 spiro atoms. The monoisotopic (exact) mass is 250 g/mol. The zero-order chi connectivity index (χ0) is 13.4. The molecule has 0 radical (unpaired) electrons. The second-order valence-corrected chi connectivity index (χ2v) is 4.37. The van der Waals surface area contributed by atoms with Crippen molar-refractivity contribution in [1.82, 2.24) is 5.32 Å².